The van der Waals surface area contributed by atoms with Crippen molar-refractivity contribution in [2.45, 2.75) is 6.61 Å². The molecule has 0 aliphatic carbocycles. The van der Waals surface area contributed by atoms with Crippen LogP contribution in [0.25, 0.3) is 0 Å². The Morgan fingerprint density at radius 1 is 1.32 bits per heavy atom. The molecule has 0 N–H and O–H groups in total. The second-order valence-electron chi connectivity index (χ2n) is 3.75. The molecule has 0 atom stereocenters. The first kappa shape index (κ1) is 13.9. The molecule has 0 bridgehead atoms. The normalized spacial score (nSPS) is 10.0. The smallest absolute Gasteiger partial charge is 0.147 e. The number of halogens is 3. The Bertz CT molecular complexity index is 654. The van der Waals surface area contributed by atoms with Crippen LogP contribution >= 0.6 is 27.5 Å². The van der Waals surface area contributed by atoms with Gasteiger partial charge in [0.25, 0.3) is 0 Å². The zero-order chi connectivity index (χ0) is 13.8. The Morgan fingerprint density at radius 3 is 2.84 bits per heavy atom. The molecule has 0 saturated heterocycles. The van der Waals surface area contributed by atoms with Crippen molar-refractivity contribution >= 4 is 27.5 Å². The molecule has 5 heteroatoms. The molecule has 2 nitrogen and oxygen atoms in total. The minimum atomic E-state index is -0.559. The summed E-state index contributed by atoms with van der Waals surface area (Å²) in [5.74, 6) is -0.103. The summed E-state index contributed by atoms with van der Waals surface area (Å²) < 4.78 is 20.1. The molecule has 0 amide bonds. The fraction of sp³-hybridized carbons (Fsp3) is 0.0714. The van der Waals surface area contributed by atoms with E-state index in [1.54, 1.807) is 36.4 Å². The number of rotatable bonds is 3. The van der Waals surface area contributed by atoms with E-state index in [4.69, 9.17) is 21.6 Å². The van der Waals surface area contributed by atoms with Crippen molar-refractivity contribution in [3.63, 3.8) is 0 Å². The molecule has 0 fully saturated rings. The number of hydrogen-bond acceptors (Lipinski definition) is 2. The molecule has 0 radical (unpaired) electrons. The van der Waals surface area contributed by atoms with Crippen LogP contribution in [0.5, 0.6) is 5.75 Å². The Labute approximate surface area is 123 Å². The molecule has 2 aromatic rings. The summed E-state index contributed by atoms with van der Waals surface area (Å²) in [6.07, 6.45) is 0. The van der Waals surface area contributed by atoms with Gasteiger partial charge in [0, 0.05) is 10.0 Å². The van der Waals surface area contributed by atoms with E-state index in [0.29, 0.717) is 16.3 Å². The second-order valence-corrected chi connectivity index (χ2v) is 5.08. The summed E-state index contributed by atoms with van der Waals surface area (Å²) in [6, 6.07) is 11.6. The van der Waals surface area contributed by atoms with E-state index < -0.39 is 5.82 Å². The summed E-state index contributed by atoms with van der Waals surface area (Å²) in [6.45, 7) is 0.0114. The summed E-state index contributed by atoms with van der Waals surface area (Å²) in [4.78, 5) is 0. The zero-order valence-corrected chi connectivity index (χ0v) is 12.0. The van der Waals surface area contributed by atoms with Gasteiger partial charge in [-0.25, -0.2) is 4.39 Å². The van der Waals surface area contributed by atoms with Crippen molar-refractivity contribution < 1.29 is 9.13 Å². The molecule has 0 unspecified atom stereocenters. The fourth-order valence-corrected chi connectivity index (χ4v) is 2.03. The highest BCUT2D eigenvalue weighted by atomic mass is 79.9. The first-order chi connectivity index (χ1) is 9.11. The first-order valence-electron chi connectivity index (χ1n) is 5.37. The van der Waals surface area contributed by atoms with E-state index in [0.717, 1.165) is 4.47 Å². The summed E-state index contributed by atoms with van der Waals surface area (Å²) >= 11 is 9.27. The van der Waals surface area contributed by atoms with Crippen LogP contribution in [0.15, 0.2) is 40.9 Å². The van der Waals surface area contributed by atoms with Gasteiger partial charge in [0.2, 0.25) is 0 Å². The second kappa shape index (κ2) is 6.05. The Kier molecular flexibility index (Phi) is 4.41. The topological polar surface area (TPSA) is 33.0 Å². The van der Waals surface area contributed by atoms with Crippen molar-refractivity contribution in [1.82, 2.24) is 0 Å². The van der Waals surface area contributed by atoms with Gasteiger partial charge in [-0.15, -0.1) is 0 Å². The fourth-order valence-electron chi connectivity index (χ4n) is 1.52. The molecule has 2 rings (SSSR count). The van der Waals surface area contributed by atoms with Crippen LogP contribution in [0, 0.1) is 17.1 Å². The lowest BCUT2D eigenvalue weighted by atomic mass is 10.1. The number of ether oxygens (including phenoxy) is 1. The van der Waals surface area contributed by atoms with E-state index in [2.05, 4.69) is 15.9 Å². The van der Waals surface area contributed by atoms with Gasteiger partial charge in [0.1, 0.15) is 24.2 Å². The third-order valence-electron chi connectivity index (χ3n) is 2.48. The molecular formula is C14H8BrClFNO. The van der Waals surface area contributed by atoms with Crippen molar-refractivity contribution in [3.8, 4) is 11.8 Å². The van der Waals surface area contributed by atoms with Crippen LogP contribution in [-0.4, -0.2) is 0 Å². The zero-order valence-electron chi connectivity index (χ0n) is 9.66. The van der Waals surface area contributed by atoms with Gasteiger partial charge in [0.15, 0.2) is 0 Å². The van der Waals surface area contributed by atoms with Gasteiger partial charge in [-0.05, 0) is 24.3 Å². The van der Waals surface area contributed by atoms with Crippen LogP contribution in [0.4, 0.5) is 4.39 Å². The Hall–Kier alpha value is -1.57. The van der Waals surface area contributed by atoms with E-state index in [1.807, 2.05) is 0 Å². The van der Waals surface area contributed by atoms with Crippen LogP contribution in [0.1, 0.15) is 11.1 Å². The maximum absolute atomic E-state index is 13.8. The van der Waals surface area contributed by atoms with Gasteiger partial charge in [-0.3, -0.25) is 0 Å². The molecule has 96 valence electrons. The van der Waals surface area contributed by atoms with Crippen LogP contribution in [-0.2, 0) is 6.61 Å². The third-order valence-corrected chi connectivity index (χ3v) is 3.28. The molecule has 0 aliphatic heterocycles. The maximum Gasteiger partial charge on any atom is 0.147 e. The quantitative estimate of drug-likeness (QED) is 0.812. The average Bonchev–Trinajstić information content (AvgIpc) is 2.41. The Balaban J connectivity index is 2.20. The largest absolute Gasteiger partial charge is 0.487 e. The summed E-state index contributed by atoms with van der Waals surface area (Å²) in [7, 11) is 0. The predicted octanol–water partition coefficient (Wildman–Crippen LogP) is 4.69. The molecule has 2 aromatic carbocycles. The van der Waals surface area contributed by atoms with Gasteiger partial charge < -0.3 is 4.74 Å². The van der Waals surface area contributed by atoms with E-state index in [1.165, 1.54) is 6.07 Å². The average molecular weight is 341 g/mol. The molecule has 0 heterocycles. The van der Waals surface area contributed by atoms with Crippen LogP contribution < -0.4 is 4.74 Å². The summed E-state index contributed by atoms with van der Waals surface area (Å²) in [5, 5.41) is 9.19. The SMILES string of the molecule is N#Cc1cccc(COc2cc(Br)ccc2Cl)c1F. The molecule has 0 aromatic heterocycles. The monoisotopic (exact) mass is 339 g/mol. The highest BCUT2D eigenvalue weighted by Crippen LogP contribution is 2.28. The molecule has 0 aliphatic rings. The lowest BCUT2D eigenvalue weighted by Crippen LogP contribution is -2.00. The van der Waals surface area contributed by atoms with E-state index in [-0.39, 0.29) is 12.2 Å². The lowest BCUT2D eigenvalue weighted by molar-refractivity contribution is 0.299. The van der Waals surface area contributed by atoms with Gasteiger partial charge >= 0.3 is 0 Å². The highest BCUT2D eigenvalue weighted by Gasteiger charge is 2.09. The van der Waals surface area contributed by atoms with Crippen molar-refractivity contribution in [3.05, 3.63) is 62.8 Å². The van der Waals surface area contributed by atoms with Crippen molar-refractivity contribution in [2.75, 3.05) is 0 Å². The van der Waals surface area contributed by atoms with Gasteiger partial charge in [-0.2, -0.15) is 5.26 Å². The van der Waals surface area contributed by atoms with E-state index >= 15 is 0 Å². The highest BCUT2D eigenvalue weighted by molar-refractivity contribution is 9.10. The Morgan fingerprint density at radius 2 is 2.11 bits per heavy atom. The minimum Gasteiger partial charge on any atom is -0.487 e. The lowest BCUT2D eigenvalue weighted by Gasteiger charge is -2.09. The number of nitrogens with zero attached hydrogens (tertiary/aromatic N) is 1. The molecular weight excluding hydrogens is 333 g/mol. The first-order valence-corrected chi connectivity index (χ1v) is 6.54. The van der Waals surface area contributed by atoms with Crippen LogP contribution in [0.3, 0.4) is 0 Å². The number of nitriles is 1. The standard InChI is InChI=1S/C14H8BrClFNO/c15-11-4-5-12(16)13(6-11)19-8-10-3-1-2-9(7-18)14(10)17/h1-6H,8H2. The predicted molar refractivity (Wildman–Crippen MR) is 74.6 cm³/mol. The third kappa shape index (κ3) is 3.25. The molecule has 19 heavy (non-hydrogen) atoms. The van der Waals surface area contributed by atoms with Crippen molar-refractivity contribution in [2.24, 2.45) is 0 Å². The van der Waals surface area contributed by atoms with Gasteiger partial charge in [0.05, 0.1) is 10.6 Å². The molecule has 0 spiro atoms. The van der Waals surface area contributed by atoms with Gasteiger partial charge in [-0.1, -0.05) is 39.7 Å². The summed E-state index contributed by atoms with van der Waals surface area (Å²) in [5.41, 5.74) is 0.316. The number of benzene rings is 2. The number of hydrogen-bond donors (Lipinski definition) is 0. The van der Waals surface area contributed by atoms with Crippen molar-refractivity contribution in [1.29, 1.82) is 5.26 Å². The van der Waals surface area contributed by atoms with E-state index in [9.17, 15) is 4.39 Å². The maximum atomic E-state index is 13.8. The van der Waals surface area contributed by atoms with Crippen LogP contribution in [0.2, 0.25) is 5.02 Å². The minimum absolute atomic E-state index is 0.00133. The molecule has 0 saturated carbocycles.